The smallest absolute Gasteiger partial charge is 0.0463 e. The van der Waals surface area contributed by atoms with Crippen LogP contribution < -0.4 is 0 Å². The molecule has 0 radical (unpaired) electrons. The van der Waals surface area contributed by atoms with Gasteiger partial charge in [0.2, 0.25) is 0 Å². The van der Waals surface area contributed by atoms with Crippen LogP contribution in [-0.4, -0.2) is 0 Å². The van der Waals surface area contributed by atoms with Gasteiger partial charge in [-0.05, 0) is 114 Å². The molecule has 0 unspecified atom stereocenters. The summed E-state index contributed by atoms with van der Waals surface area (Å²) in [6.45, 7) is 0. The molecular weight excluding hydrogens is 681 g/mol. The first-order valence-corrected chi connectivity index (χ1v) is 20.0. The summed E-state index contributed by atoms with van der Waals surface area (Å²) < 4.78 is 5.37. The van der Waals surface area contributed by atoms with E-state index in [1.54, 1.807) is 22.7 Å². The van der Waals surface area contributed by atoms with E-state index in [0.717, 1.165) is 0 Å². The Kier molecular flexibility index (Phi) is 7.35. The predicted octanol–water partition coefficient (Wildman–Crippen LogP) is 15.4. The lowest BCUT2D eigenvalue weighted by atomic mass is 9.99. The van der Waals surface area contributed by atoms with Crippen LogP contribution in [0.1, 0.15) is 0 Å². The molecule has 6 aromatic carbocycles. The molecule has 10 rings (SSSR count). The first-order chi connectivity index (χ1) is 24.7. The maximum Gasteiger partial charge on any atom is 0.0463 e. The minimum Gasteiger partial charge on any atom is -0.144 e. The molecule has 0 nitrogen and oxygen atoms in total. The van der Waals surface area contributed by atoms with Gasteiger partial charge >= 0.3 is 0 Å². The summed E-state index contributed by atoms with van der Waals surface area (Å²) in [6.07, 6.45) is 0. The van der Waals surface area contributed by atoms with Gasteiger partial charge in [0.15, 0.2) is 0 Å². The molecule has 0 saturated heterocycles. The average Bonchev–Trinajstić information content (AvgIpc) is 3.99. The quantitative estimate of drug-likeness (QED) is 0.161. The predicted molar refractivity (Wildman–Crippen MR) is 223 cm³/mol. The van der Waals surface area contributed by atoms with Crippen LogP contribution in [0.3, 0.4) is 0 Å². The van der Waals surface area contributed by atoms with Crippen LogP contribution in [-0.2, 0) is 0 Å². The van der Waals surface area contributed by atoms with Crippen molar-refractivity contribution in [2.45, 2.75) is 0 Å². The Hall–Kier alpha value is -5.10. The first kappa shape index (κ1) is 29.8. The monoisotopic (exact) mass is 708 g/mol. The Morgan fingerprint density at radius 3 is 0.900 bits per heavy atom. The SMILES string of the molecule is c1cc2ccc(-c3ccc(-c4ccc(-c5cc6sc(-c7ccc(-c8ccc(-c9ccc%10ccsc%10c9)cc8)cc7)cc6s5)cc4)cc3)cc2s1. The van der Waals surface area contributed by atoms with Crippen LogP contribution in [0.2, 0.25) is 0 Å². The molecular formula is C46H28S4. The van der Waals surface area contributed by atoms with E-state index in [0.29, 0.717) is 0 Å². The van der Waals surface area contributed by atoms with Gasteiger partial charge in [-0.2, -0.15) is 0 Å². The van der Waals surface area contributed by atoms with Crippen molar-refractivity contribution in [1.29, 1.82) is 0 Å². The fraction of sp³-hybridized carbons (Fsp3) is 0. The highest BCUT2D eigenvalue weighted by molar-refractivity contribution is 7.31. The van der Waals surface area contributed by atoms with Crippen molar-refractivity contribution in [2.24, 2.45) is 0 Å². The molecule has 236 valence electrons. The average molecular weight is 709 g/mol. The number of fused-ring (bicyclic) bond motifs is 3. The van der Waals surface area contributed by atoms with E-state index in [2.05, 4.69) is 168 Å². The van der Waals surface area contributed by atoms with Gasteiger partial charge in [0.05, 0.1) is 0 Å². The first-order valence-electron chi connectivity index (χ1n) is 16.6. The maximum absolute atomic E-state index is 2.36. The van der Waals surface area contributed by atoms with Gasteiger partial charge in [0.25, 0.3) is 0 Å². The van der Waals surface area contributed by atoms with Gasteiger partial charge in [0, 0.05) is 28.6 Å². The largest absolute Gasteiger partial charge is 0.144 e. The van der Waals surface area contributed by atoms with Crippen molar-refractivity contribution < 1.29 is 0 Å². The van der Waals surface area contributed by atoms with E-state index in [1.807, 2.05) is 22.7 Å². The Bertz CT molecular complexity index is 2550. The minimum absolute atomic E-state index is 1.24. The molecule has 0 aliphatic rings. The third-order valence-corrected chi connectivity index (χ3v) is 13.7. The van der Waals surface area contributed by atoms with Crippen LogP contribution >= 0.6 is 45.3 Å². The van der Waals surface area contributed by atoms with E-state index < -0.39 is 0 Å². The molecule has 0 fully saturated rings. The van der Waals surface area contributed by atoms with Crippen LogP contribution in [0.5, 0.6) is 0 Å². The van der Waals surface area contributed by atoms with Gasteiger partial charge in [-0.25, -0.2) is 0 Å². The Labute approximate surface area is 306 Å². The van der Waals surface area contributed by atoms with Crippen molar-refractivity contribution in [3.05, 3.63) is 168 Å². The molecule has 0 atom stereocenters. The molecule has 10 aromatic rings. The fourth-order valence-corrected chi connectivity index (χ4v) is 10.8. The van der Waals surface area contributed by atoms with Gasteiger partial charge in [-0.15, -0.1) is 45.3 Å². The summed E-state index contributed by atoms with van der Waals surface area (Å²) in [5, 5.41) is 6.94. The number of thiophene rings is 4. The summed E-state index contributed by atoms with van der Waals surface area (Å²) in [5.41, 5.74) is 12.5. The molecule has 0 amide bonds. The second-order valence-electron chi connectivity index (χ2n) is 12.6. The lowest BCUT2D eigenvalue weighted by Gasteiger charge is -2.07. The Morgan fingerprint density at radius 1 is 0.240 bits per heavy atom. The zero-order valence-corrected chi connectivity index (χ0v) is 30.1. The summed E-state index contributed by atoms with van der Waals surface area (Å²) >= 11 is 7.36. The number of rotatable bonds is 6. The second kappa shape index (κ2) is 12.3. The van der Waals surface area contributed by atoms with Gasteiger partial charge in [-0.3, -0.25) is 0 Å². The van der Waals surface area contributed by atoms with Crippen LogP contribution in [0.4, 0.5) is 0 Å². The van der Waals surface area contributed by atoms with Crippen LogP contribution in [0.25, 0.3) is 95.0 Å². The molecule has 0 saturated carbocycles. The standard InChI is InChI=1S/C46H28S4/c1-5-33(39-19-17-37-21-23-47-41(37)25-39)6-2-29(1)31-9-13-35(14-10-31)43-27-45-46(49-43)28-44(50-45)36-15-11-32(12-16-36)30-3-7-34(8-4-30)40-20-18-38-22-24-48-42(38)26-40/h1-28H. The number of hydrogen-bond acceptors (Lipinski definition) is 4. The third-order valence-electron chi connectivity index (χ3n) is 9.56. The van der Waals surface area contributed by atoms with Crippen molar-refractivity contribution in [1.82, 2.24) is 0 Å². The Morgan fingerprint density at radius 2 is 0.540 bits per heavy atom. The summed E-state index contributed by atoms with van der Waals surface area (Å²) in [7, 11) is 0. The summed E-state index contributed by atoms with van der Waals surface area (Å²) in [6, 6.07) is 58.5. The lowest BCUT2D eigenvalue weighted by molar-refractivity contribution is 1.60. The third kappa shape index (κ3) is 5.51. The van der Waals surface area contributed by atoms with E-state index >= 15 is 0 Å². The molecule has 0 bridgehead atoms. The Balaban J connectivity index is 0.830. The maximum atomic E-state index is 2.36. The highest BCUT2D eigenvalue weighted by atomic mass is 32.1. The van der Waals surface area contributed by atoms with E-state index in [9.17, 15) is 0 Å². The van der Waals surface area contributed by atoms with Crippen LogP contribution in [0.15, 0.2) is 168 Å². The van der Waals surface area contributed by atoms with Gasteiger partial charge < -0.3 is 0 Å². The van der Waals surface area contributed by atoms with E-state index in [4.69, 9.17) is 0 Å². The fourth-order valence-electron chi connectivity index (χ4n) is 6.75. The van der Waals surface area contributed by atoms with Crippen molar-refractivity contribution in [3.8, 4) is 65.4 Å². The number of hydrogen-bond donors (Lipinski definition) is 0. The number of benzene rings is 6. The lowest BCUT2D eigenvalue weighted by Crippen LogP contribution is -1.81. The van der Waals surface area contributed by atoms with E-state index in [-0.39, 0.29) is 0 Å². The zero-order chi connectivity index (χ0) is 33.0. The molecule has 4 heterocycles. The topological polar surface area (TPSA) is 0 Å². The highest BCUT2D eigenvalue weighted by Gasteiger charge is 2.11. The second-order valence-corrected chi connectivity index (χ2v) is 16.7. The molecule has 0 aliphatic heterocycles. The molecule has 4 aromatic heterocycles. The van der Waals surface area contributed by atoms with E-state index in [1.165, 1.54) is 95.0 Å². The molecule has 0 N–H and O–H groups in total. The van der Waals surface area contributed by atoms with Crippen LogP contribution in [0, 0.1) is 0 Å². The highest BCUT2D eigenvalue weighted by Crippen LogP contribution is 2.42. The molecule has 0 spiro atoms. The van der Waals surface area contributed by atoms with Crippen molar-refractivity contribution >= 4 is 74.9 Å². The molecule has 0 aliphatic carbocycles. The summed E-state index contributed by atoms with van der Waals surface area (Å²) in [5.74, 6) is 0. The normalized spacial score (nSPS) is 11.6. The van der Waals surface area contributed by atoms with Crippen molar-refractivity contribution in [2.75, 3.05) is 0 Å². The van der Waals surface area contributed by atoms with Gasteiger partial charge in [-0.1, -0.05) is 121 Å². The summed E-state index contributed by atoms with van der Waals surface area (Å²) in [4.78, 5) is 2.63. The van der Waals surface area contributed by atoms with Gasteiger partial charge in [0.1, 0.15) is 0 Å². The molecule has 50 heavy (non-hydrogen) atoms. The van der Waals surface area contributed by atoms with Crippen molar-refractivity contribution in [3.63, 3.8) is 0 Å². The zero-order valence-electron chi connectivity index (χ0n) is 26.8. The molecule has 4 heteroatoms. The minimum atomic E-state index is 1.24.